The SMILES string of the molecule is CC(=O)CCC(=O)OC[C@H]1O[C@@H](O[C@@H]2[C@H](OCc3ccccc3)[C@@H](OCc3ccccc3)[C@H](O[C@H]3[C@H](OCc4ccccc4)[C@@H](OCc4ccccc4)[C@H](O)O[C@@H]3COCc3ccccc3)O[C@@H]2COCc2ccccc2)[C@H](NC(C)=O)[C@@H](O)[C@H]1O. The maximum atomic E-state index is 13.0. The first-order valence-electron chi connectivity index (χ1n) is 29.0. The third-order valence-electron chi connectivity index (χ3n) is 14.9. The molecule has 15 atom stereocenters. The molecule has 0 aliphatic carbocycles. The van der Waals surface area contributed by atoms with Crippen LogP contribution in [-0.4, -0.2) is 145 Å². The maximum Gasteiger partial charge on any atom is 0.306 e. The first kappa shape index (κ1) is 63.9. The monoisotopic (exact) mass is 1180 g/mol. The fraction of sp³-hybridized carbons (Fsp3) is 0.418. The topological polar surface area (TPSA) is 235 Å². The number of aliphatic hydroxyl groups is 3. The normalized spacial score (nSPS) is 27.4. The number of amides is 1. The summed E-state index contributed by atoms with van der Waals surface area (Å²) in [5, 5.41) is 38.2. The molecular weight excluding hydrogens is 1110 g/mol. The smallest absolute Gasteiger partial charge is 0.306 e. The summed E-state index contributed by atoms with van der Waals surface area (Å²) in [5.41, 5.74) is 4.99. The van der Waals surface area contributed by atoms with Crippen LogP contribution in [0.25, 0.3) is 0 Å². The predicted octanol–water partition coefficient (Wildman–Crippen LogP) is 6.84. The number of aliphatic hydroxyl groups excluding tert-OH is 3. The van der Waals surface area contributed by atoms with Gasteiger partial charge in [0, 0.05) is 13.3 Å². The van der Waals surface area contributed by atoms with E-state index < -0.39 is 111 Å². The minimum absolute atomic E-state index is 0.00150. The highest BCUT2D eigenvalue weighted by Gasteiger charge is 2.56. The average molecular weight is 1180 g/mol. The van der Waals surface area contributed by atoms with Crippen LogP contribution in [0.5, 0.6) is 0 Å². The number of rotatable bonds is 30. The molecule has 0 aromatic heterocycles. The van der Waals surface area contributed by atoms with Crippen molar-refractivity contribution in [2.24, 2.45) is 0 Å². The summed E-state index contributed by atoms with van der Waals surface area (Å²) in [7, 11) is 0. The summed E-state index contributed by atoms with van der Waals surface area (Å²) in [6.07, 6.45) is -18.9. The molecule has 0 saturated carbocycles. The molecule has 19 nitrogen and oxygen atoms in total. The van der Waals surface area contributed by atoms with Gasteiger partial charge in [0.05, 0.1) is 59.3 Å². The molecule has 19 heteroatoms. The summed E-state index contributed by atoms with van der Waals surface area (Å²) >= 11 is 0. The Balaban J connectivity index is 1.13. The number of esters is 1. The number of hydrogen-bond donors (Lipinski definition) is 4. The van der Waals surface area contributed by atoms with Crippen molar-refractivity contribution in [3.05, 3.63) is 215 Å². The van der Waals surface area contributed by atoms with Crippen LogP contribution < -0.4 is 5.32 Å². The van der Waals surface area contributed by atoms with Crippen molar-refractivity contribution in [3.8, 4) is 0 Å². The number of Topliss-reactive ketones (excluding diaryl/α,β-unsaturated/α-hetero) is 1. The van der Waals surface area contributed by atoms with Gasteiger partial charge in [0.2, 0.25) is 5.91 Å². The zero-order chi connectivity index (χ0) is 60.0. The van der Waals surface area contributed by atoms with Crippen molar-refractivity contribution in [2.75, 3.05) is 19.8 Å². The van der Waals surface area contributed by atoms with Crippen LogP contribution in [0.15, 0.2) is 182 Å². The van der Waals surface area contributed by atoms with Crippen LogP contribution in [-0.2, 0) is 111 Å². The van der Waals surface area contributed by atoms with Crippen LogP contribution >= 0.6 is 0 Å². The second-order valence-corrected chi connectivity index (χ2v) is 21.5. The van der Waals surface area contributed by atoms with Gasteiger partial charge in [0.1, 0.15) is 85.6 Å². The van der Waals surface area contributed by atoms with Crippen molar-refractivity contribution in [3.63, 3.8) is 0 Å². The molecule has 3 fully saturated rings. The fourth-order valence-electron chi connectivity index (χ4n) is 10.4. The molecule has 4 N–H and O–H groups in total. The Morgan fingerprint density at radius 2 is 0.779 bits per heavy atom. The minimum atomic E-state index is -1.73. The van der Waals surface area contributed by atoms with Gasteiger partial charge in [-0.25, -0.2) is 0 Å². The van der Waals surface area contributed by atoms with Gasteiger partial charge in [0.15, 0.2) is 18.9 Å². The van der Waals surface area contributed by atoms with Crippen LogP contribution in [0.3, 0.4) is 0 Å². The minimum Gasteiger partial charge on any atom is -0.463 e. The quantitative estimate of drug-likeness (QED) is 0.0338. The van der Waals surface area contributed by atoms with E-state index in [1.165, 1.54) is 13.8 Å². The fourth-order valence-corrected chi connectivity index (χ4v) is 10.4. The molecule has 458 valence electrons. The van der Waals surface area contributed by atoms with Crippen LogP contribution in [0.4, 0.5) is 0 Å². The lowest BCUT2D eigenvalue weighted by molar-refractivity contribution is -0.385. The Morgan fingerprint density at radius 3 is 1.21 bits per heavy atom. The Labute approximate surface area is 501 Å². The molecule has 3 heterocycles. The second-order valence-electron chi connectivity index (χ2n) is 21.5. The highest BCUT2D eigenvalue weighted by Crippen LogP contribution is 2.38. The van der Waals surface area contributed by atoms with Crippen molar-refractivity contribution in [1.82, 2.24) is 5.32 Å². The number of nitrogens with one attached hydrogen (secondary N) is 1. The Hall–Kier alpha value is -6.63. The average Bonchev–Trinajstić information content (AvgIpc) is 1.15. The van der Waals surface area contributed by atoms with E-state index in [-0.39, 0.29) is 71.5 Å². The zero-order valence-corrected chi connectivity index (χ0v) is 48.2. The molecule has 0 radical (unpaired) electrons. The van der Waals surface area contributed by atoms with Gasteiger partial charge in [0.25, 0.3) is 0 Å². The lowest BCUT2D eigenvalue weighted by atomic mass is 9.94. The Morgan fingerprint density at radius 1 is 0.407 bits per heavy atom. The third kappa shape index (κ3) is 18.7. The number of carbonyl (C=O) groups is 3. The van der Waals surface area contributed by atoms with E-state index in [0.29, 0.717) is 0 Å². The molecule has 9 rings (SSSR count). The van der Waals surface area contributed by atoms with Gasteiger partial charge in [-0.3, -0.25) is 9.59 Å². The summed E-state index contributed by atoms with van der Waals surface area (Å²) in [4.78, 5) is 37.6. The number of ether oxygens (including phenoxy) is 12. The number of carbonyl (C=O) groups excluding carboxylic acids is 3. The van der Waals surface area contributed by atoms with Gasteiger partial charge >= 0.3 is 5.97 Å². The molecule has 0 unspecified atom stereocenters. The molecule has 3 saturated heterocycles. The Bertz CT molecular complexity index is 2940. The van der Waals surface area contributed by atoms with E-state index in [4.69, 9.17) is 56.8 Å². The lowest BCUT2D eigenvalue weighted by Crippen LogP contribution is -2.69. The molecule has 86 heavy (non-hydrogen) atoms. The van der Waals surface area contributed by atoms with Crippen LogP contribution in [0, 0.1) is 0 Å². The first-order valence-corrected chi connectivity index (χ1v) is 29.0. The molecule has 3 aliphatic heterocycles. The van der Waals surface area contributed by atoms with E-state index in [0.717, 1.165) is 33.4 Å². The molecular formula is C67H77NO18. The Kier molecular flexibility index (Phi) is 24.4. The lowest BCUT2D eigenvalue weighted by Gasteiger charge is -2.51. The van der Waals surface area contributed by atoms with E-state index >= 15 is 0 Å². The van der Waals surface area contributed by atoms with Crippen molar-refractivity contribution < 1.29 is 86.5 Å². The summed E-state index contributed by atoms with van der Waals surface area (Å²) < 4.78 is 80.7. The number of benzene rings is 6. The van der Waals surface area contributed by atoms with Gasteiger partial charge in [-0.05, 0) is 40.3 Å². The zero-order valence-electron chi connectivity index (χ0n) is 48.2. The molecule has 6 aromatic rings. The van der Waals surface area contributed by atoms with E-state index in [2.05, 4.69) is 5.32 Å². The molecule has 6 aromatic carbocycles. The van der Waals surface area contributed by atoms with Crippen molar-refractivity contribution in [1.29, 1.82) is 0 Å². The standard InChI is InChI=1S/C67H77NO18/c1-44(69)33-34-55(71)77-43-52-57(72)58(73)56(68-45(2)70)66(83-52)85-60-54(42-76-36-47-23-11-4-12-24-47)84-67(64(81-40-51-31-19-8-20-32-51)62(60)79-38-49-27-15-6-16-28-49)86-59-53(41-75-35-46-21-9-3-10-22-46)82-65(74)63(80-39-50-29-17-7-18-30-50)61(59)78-37-48-25-13-5-14-26-48/h3-32,52-54,56-67,72-74H,33-43H2,1-2H3,(H,68,70)/t52-,53-,54-,56-,57+,58-,59-,60+,61+,62+,63-,64-,65-,66+,67+/m1/s1. The summed E-state index contributed by atoms with van der Waals surface area (Å²) in [5.74, 6) is -1.53. The van der Waals surface area contributed by atoms with Gasteiger partial charge < -0.3 is 82.3 Å². The summed E-state index contributed by atoms with van der Waals surface area (Å²) in [6.45, 7) is 2.24. The van der Waals surface area contributed by atoms with Gasteiger partial charge in [-0.15, -0.1) is 0 Å². The van der Waals surface area contributed by atoms with Gasteiger partial charge in [-0.2, -0.15) is 0 Å². The van der Waals surface area contributed by atoms with E-state index in [1.807, 2.05) is 182 Å². The highest BCUT2D eigenvalue weighted by atomic mass is 16.8. The van der Waals surface area contributed by atoms with Crippen molar-refractivity contribution >= 4 is 17.7 Å². The molecule has 0 bridgehead atoms. The van der Waals surface area contributed by atoms with Crippen LogP contribution in [0.2, 0.25) is 0 Å². The number of hydrogen-bond acceptors (Lipinski definition) is 18. The number of ketones is 1. The van der Waals surface area contributed by atoms with E-state index in [9.17, 15) is 29.7 Å². The predicted molar refractivity (Wildman–Crippen MR) is 311 cm³/mol. The third-order valence-corrected chi connectivity index (χ3v) is 14.9. The highest BCUT2D eigenvalue weighted by molar-refractivity contribution is 5.81. The maximum absolute atomic E-state index is 13.0. The second kappa shape index (κ2) is 32.9. The summed E-state index contributed by atoms with van der Waals surface area (Å²) in [6, 6.07) is 55.7. The largest absolute Gasteiger partial charge is 0.463 e. The molecule has 3 aliphatic rings. The van der Waals surface area contributed by atoms with Crippen molar-refractivity contribution in [2.45, 2.75) is 158 Å². The van der Waals surface area contributed by atoms with Gasteiger partial charge in [-0.1, -0.05) is 182 Å². The van der Waals surface area contributed by atoms with E-state index in [1.54, 1.807) is 0 Å². The molecule has 0 spiro atoms. The van der Waals surface area contributed by atoms with Crippen LogP contribution in [0.1, 0.15) is 60.1 Å². The first-order chi connectivity index (χ1) is 41.9. The molecule has 1 amide bonds.